The molecule has 0 radical (unpaired) electrons. The van der Waals surface area contributed by atoms with Crippen LogP contribution in [-0.4, -0.2) is 25.1 Å². The molecule has 0 fully saturated rings. The number of hydrogen-bond donors (Lipinski definition) is 1. The van der Waals surface area contributed by atoms with Crippen LogP contribution in [0.3, 0.4) is 0 Å². The van der Waals surface area contributed by atoms with E-state index in [1.807, 2.05) is 13.1 Å². The van der Waals surface area contributed by atoms with Crippen molar-refractivity contribution < 1.29 is 0 Å². The standard InChI is InChI=1S/C9H13N3/c1-7-5-9-8(6-11-7)10-3-4-12(9)2/h5-6,10H,3-4H2,1-2H3. The van der Waals surface area contributed by atoms with E-state index in [9.17, 15) is 0 Å². The minimum atomic E-state index is 1.01. The summed E-state index contributed by atoms with van der Waals surface area (Å²) < 4.78 is 0. The van der Waals surface area contributed by atoms with Crippen LogP contribution in [0, 0.1) is 6.92 Å². The van der Waals surface area contributed by atoms with Crippen molar-refractivity contribution in [2.75, 3.05) is 30.4 Å². The van der Waals surface area contributed by atoms with Gasteiger partial charge in [-0.2, -0.15) is 0 Å². The Bertz CT molecular complexity index is 296. The van der Waals surface area contributed by atoms with Crippen LogP contribution in [0.5, 0.6) is 0 Å². The number of aromatic nitrogens is 1. The van der Waals surface area contributed by atoms with Crippen LogP contribution in [0.25, 0.3) is 0 Å². The number of rotatable bonds is 0. The lowest BCUT2D eigenvalue weighted by Crippen LogP contribution is -2.30. The fraction of sp³-hybridized carbons (Fsp3) is 0.444. The number of nitrogens with one attached hydrogen (secondary N) is 1. The molecular formula is C9H13N3. The zero-order valence-electron chi connectivity index (χ0n) is 7.46. The number of fused-ring (bicyclic) bond motifs is 1. The number of anilines is 2. The summed E-state index contributed by atoms with van der Waals surface area (Å²) >= 11 is 0. The van der Waals surface area contributed by atoms with Gasteiger partial charge in [0.25, 0.3) is 0 Å². The number of aryl methyl sites for hydroxylation is 1. The van der Waals surface area contributed by atoms with Crippen LogP contribution >= 0.6 is 0 Å². The summed E-state index contributed by atoms with van der Waals surface area (Å²) in [4.78, 5) is 6.49. The molecule has 0 aliphatic carbocycles. The SMILES string of the molecule is Cc1cc2c(cn1)NCCN2C. The zero-order chi connectivity index (χ0) is 8.55. The van der Waals surface area contributed by atoms with E-state index < -0.39 is 0 Å². The summed E-state index contributed by atoms with van der Waals surface area (Å²) in [7, 11) is 2.11. The molecule has 0 saturated carbocycles. The molecule has 0 atom stereocenters. The van der Waals surface area contributed by atoms with E-state index in [2.05, 4.69) is 28.3 Å². The number of hydrogen-bond acceptors (Lipinski definition) is 3. The first kappa shape index (κ1) is 7.40. The van der Waals surface area contributed by atoms with E-state index >= 15 is 0 Å². The highest BCUT2D eigenvalue weighted by Crippen LogP contribution is 2.26. The Hall–Kier alpha value is -1.25. The third-order valence-electron chi connectivity index (χ3n) is 2.19. The largest absolute Gasteiger partial charge is 0.380 e. The Kier molecular flexibility index (Phi) is 1.64. The second-order valence-electron chi connectivity index (χ2n) is 3.19. The van der Waals surface area contributed by atoms with Crippen molar-refractivity contribution in [2.24, 2.45) is 0 Å². The minimum Gasteiger partial charge on any atom is -0.380 e. The Morgan fingerprint density at radius 2 is 2.42 bits per heavy atom. The first-order valence-corrected chi connectivity index (χ1v) is 4.19. The lowest BCUT2D eigenvalue weighted by atomic mass is 10.2. The topological polar surface area (TPSA) is 28.2 Å². The molecular weight excluding hydrogens is 150 g/mol. The highest BCUT2D eigenvalue weighted by atomic mass is 15.2. The second-order valence-corrected chi connectivity index (χ2v) is 3.19. The van der Waals surface area contributed by atoms with Gasteiger partial charge in [0.2, 0.25) is 0 Å². The van der Waals surface area contributed by atoms with Gasteiger partial charge in [0, 0.05) is 25.8 Å². The molecule has 3 nitrogen and oxygen atoms in total. The fourth-order valence-corrected chi connectivity index (χ4v) is 1.48. The van der Waals surface area contributed by atoms with Crippen LogP contribution in [0.1, 0.15) is 5.69 Å². The maximum absolute atomic E-state index is 4.24. The average Bonchev–Trinajstić information content (AvgIpc) is 2.07. The van der Waals surface area contributed by atoms with Crippen molar-refractivity contribution in [1.82, 2.24) is 4.98 Å². The van der Waals surface area contributed by atoms with Gasteiger partial charge in [0.15, 0.2) is 0 Å². The summed E-state index contributed by atoms with van der Waals surface area (Å²) in [5, 5.41) is 3.32. The molecule has 2 heterocycles. The molecule has 1 aliphatic rings. The van der Waals surface area contributed by atoms with Crippen molar-refractivity contribution in [2.45, 2.75) is 6.92 Å². The van der Waals surface area contributed by atoms with Crippen molar-refractivity contribution in [3.63, 3.8) is 0 Å². The summed E-state index contributed by atoms with van der Waals surface area (Å²) in [6.07, 6.45) is 1.90. The predicted octanol–water partition coefficient (Wildman–Crippen LogP) is 1.25. The van der Waals surface area contributed by atoms with E-state index in [0.717, 1.165) is 24.5 Å². The van der Waals surface area contributed by atoms with Gasteiger partial charge in [-0.25, -0.2) is 0 Å². The number of pyridine rings is 1. The van der Waals surface area contributed by atoms with E-state index in [-0.39, 0.29) is 0 Å². The molecule has 0 bridgehead atoms. The monoisotopic (exact) mass is 163 g/mol. The first-order valence-electron chi connectivity index (χ1n) is 4.19. The molecule has 2 rings (SSSR count). The molecule has 0 unspecified atom stereocenters. The molecule has 0 aromatic carbocycles. The number of likely N-dealkylation sites (N-methyl/N-ethyl adjacent to an activating group) is 1. The van der Waals surface area contributed by atoms with Crippen molar-refractivity contribution >= 4 is 11.4 Å². The Labute approximate surface area is 72.4 Å². The van der Waals surface area contributed by atoms with Gasteiger partial charge in [-0.1, -0.05) is 0 Å². The maximum atomic E-state index is 4.24. The summed E-state index contributed by atoms with van der Waals surface area (Å²) in [5.74, 6) is 0. The van der Waals surface area contributed by atoms with Gasteiger partial charge in [-0.3, -0.25) is 4.98 Å². The van der Waals surface area contributed by atoms with Gasteiger partial charge in [-0.05, 0) is 13.0 Å². The van der Waals surface area contributed by atoms with Gasteiger partial charge in [0.05, 0.1) is 17.6 Å². The molecule has 0 saturated heterocycles. The van der Waals surface area contributed by atoms with Crippen LogP contribution in [0.4, 0.5) is 11.4 Å². The van der Waals surface area contributed by atoms with Gasteiger partial charge < -0.3 is 10.2 Å². The molecule has 1 aromatic rings. The lowest BCUT2D eigenvalue weighted by molar-refractivity contribution is 0.880. The molecule has 1 aliphatic heterocycles. The predicted molar refractivity (Wildman–Crippen MR) is 50.7 cm³/mol. The van der Waals surface area contributed by atoms with Crippen LogP contribution < -0.4 is 10.2 Å². The third kappa shape index (κ3) is 1.11. The van der Waals surface area contributed by atoms with E-state index in [4.69, 9.17) is 0 Å². The number of nitrogens with zero attached hydrogens (tertiary/aromatic N) is 2. The summed E-state index contributed by atoms with van der Waals surface area (Å²) in [6, 6.07) is 2.11. The fourth-order valence-electron chi connectivity index (χ4n) is 1.48. The quantitative estimate of drug-likeness (QED) is 0.624. The Morgan fingerprint density at radius 3 is 3.25 bits per heavy atom. The summed E-state index contributed by atoms with van der Waals surface area (Å²) in [6.45, 7) is 4.09. The second kappa shape index (κ2) is 2.66. The highest BCUT2D eigenvalue weighted by Gasteiger charge is 2.12. The Morgan fingerprint density at radius 1 is 1.58 bits per heavy atom. The van der Waals surface area contributed by atoms with E-state index in [0.29, 0.717) is 0 Å². The molecule has 3 heteroatoms. The zero-order valence-corrected chi connectivity index (χ0v) is 7.46. The molecule has 12 heavy (non-hydrogen) atoms. The van der Waals surface area contributed by atoms with E-state index in [1.165, 1.54) is 5.69 Å². The van der Waals surface area contributed by atoms with Crippen LogP contribution in [0.2, 0.25) is 0 Å². The molecule has 1 N–H and O–H groups in total. The van der Waals surface area contributed by atoms with E-state index in [1.54, 1.807) is 0 Å². The molecule has 0 spiro atoms. The first-order chi connectivity index (χ1) is 5.77. The van der Waals surface area contributed by atoms with Crippen molar-refractivity contribution in [3.05, 3.63) is 18.0 Å². The minimum absolute atomic E-state index is 1.01. The lowest BCUT2D eigenvalue weighted by Gasteiger charge is -2.28. The van der Waals surface area contributed by atoms with Crippen LogP contribution in [-0.2, 0) is 0 Å². The van der Waals surface area contributed by atoms with Crippen molar-refractivity contribution in [1.29, 1.82) is 0 Å². The van der Waals surface area contributed by atoms with Gasteiger partial charge in [-0.15, -0.1) is 0 Å². The normalized spacial score (nSPS) is 15.3. The highest BCUT2D eigenvalue weighted by molar-refractivity contribution is 5.71. The smallest absolute Gasteiger partial charge is 0.0765 e. The van der Waals surface area contributed by atoms with Crippen molar-refractivity contribution in [3.8, 4) is 0 Å². The molecule has 64 valence electrons. The Balaban J connectivity index is 2.47. The molecule has 1 aromatic heterocycles. The van der Waals surface area contributed by atoms with Gasteiger partial charge in [0.1, 0.15) is 0 Å². The van der Waals surface area contributed by atoms with Crippen LogP contribution in [0.15, 0.2) is 12.3 Å². The average molecular weight is 163 g/mol. The maximum Gasteiger partial charge on any atom is 0.0765 e. The van der Waals surface area contributed by atoms with Gasteiger partial charge >= 0.3 is 0 Å². The summed E-state index contributed by atoms with van der Waals surface area (Å²) in [5.41, 5.74) is 3.48. The third-order valence-corrected chi connectivity index (χ3v) is 2.19. The molecule has 0 amide bonds.